The fourth-order valence-electron chi connectivity index (χ4n) is 0.813. The summed E-state index contributed by atoms with van der Waals surface area (Å²) < 4.78 is 0. The van der Waals surface area contributed by atoms with Crippen LogP contribution in [0.15, 0.2) is 12.8 Å². The molecule has 0 amide bonds. The van der Waals surface area contributed by atoms with Crippen molar-refractivity contribution in [1.29, 1.82) is 0 Å². The van der Waals surface area contributed by atoms with E-state index < -0.39 is 17.9 Å². The van der Waals surface area contributed by atoms with E-state index in [0.29, 0.717) is 6.54 Å². The second kappa shape index (κ2) is 12.3. The molecule has 0 unspecified atom stereocenters. The highest BCUT2D eigenvalue weighted by Crippen LogP contribution is 1.85. The minimum Gasteiger partial charge on any atom is -0.480 e. The van der Waals surface area contributed by atoms with Gasteiger partial charge in [-0.1, -0.05) is 6.58 Å². The average Bonchev–Trinajstić information content (AvgIpc) is 2.27. The van der Waals surface area contributed by atoms with E-state index in [1.54, 1.807) is 0 Å². The molecule has 0 aromatic carbocycles. The molecule has 0 aromatic rings. The Morgan fingerprint density at radius 2 is 1.53 bits per heavy atom. The standard InChI is InChI=1S/C6H11NO3.C4H7NO4/c1-2-7(3-4-8)5-6(9)10;6-3(7)1-5-2-4(8)9/h2,8H,1,3-5H2,(H,9,10);5H,1-2H2,(H,6,7)(H,8,9). The smallest absolute Gasteiger partial charge is 0.323 e. The molecule has 19 heavy (non-hydrogen) atoms. The van der Waals surface area contributed by atoms with Gasteiger partial charge in [0.05, 0.1) is 19.7 Å². The Bertz CT molecular complexity index is 292. The summed E-state index contributed by atoms with van der Waals surface area (Å²) in [5.41, 5.74) is 0. The molecule has 0 aliphatic rings. The maximum absolute atomic E-state index is 10.1. The molecule has 110 valence electrons. The maximum atomic E-state index is 10.1. The summed E-state index contributed by atoms with van der Waals surface area (Å²) in [6.07, 6.45) is 1.39. The minimum atomic E-state index is -1.06. The number of carbonyl (C=O) groups is 3. The van der Waals surface area contributed by atoms with Crippen molar-refractivity contribution in [2.75, 3.05) is 32.8 Å². The summed E-state index contributed by atoms with van der Waals surface area (Å²) in [5.74, 6) is -3.04. The molecule has 5 N–H and O–H groups in total. The first-order valence-electron chi connectivity index (χ1n) is 5.17. The molecule has 0 aliphatic carbocycles. The van der Waals surface area contributed by atoms with E-state index in [4.69, 9.17) is 20.4 Å². The Labute approximate surface area is 109 Å². The van der Waals surface area contributed by atoms with Crippen LogP contribution in [-0.2, 0) is 14.4 Å². The van der Waals surface area contributed by atoms with Gasteiger partial charge >= 0.3 is 17.9 Å². The molecule has 0 bridgehead atoms. The second-order valence-corrected chi connectivity index (χ2v) is 3.16. The van der Waals surface area contributed by atoms with E-state index in [1.165, 1.54) is 11.1 Å². The molecule has 0 radical (unpaired) electrons. The van der Waals surface area contributed by atoms with Crippen LogP contribution < -0.4 is 5.32 Å². The van der Waals surface area contributed by atoms with E-state index in [0.717, 1.165) is 0 Å². The van der Waals surface area contributed by atoms with Gasteiger partial charge in [-0.25, -0.2) is 0 Å². The normalized spacial score (nSPS) is 8.89. The number of nitrogens with one attached hydrogen (secondary N) is 1. The quantitative estimate of drug-likeness (QED) is 0.331. The Morgan fingerprint density at radius 3 is 1.79 bits per heavy atom. The van der Waals surface area contributed by atoms with Crippen LogP contribution in [0.3, 0.4) is 0 Å². The number of aliphatic carboxylic acids is 3. The zero-order valence-corrected chi connectivity index (χ0v) is 10.3. The van der Waals surface area contributed by atoms with Gasteiger partial charge in [0.25, 0.3) is 0 Å². The molecule has 0 aromatic heterocycles. The Morgan fingerprint density at radius 1 is 1.05 bits per heavy atom. The lowest BCUT2D eigenvalue weighted by Crippen LogP contribution is -2.27. The number of rotatable bonds is 9. The highest BCUT2D eigenvalue weighted by Gasteiger charge is 2.01. The fraction of sp³-hybridized carbons (Fsp3) is 0.500. The maximum Gasteiger partial charge on any atom is 0.323 e. The minimum absolute atomic E-state index is 0.0562. The van der Waals surface area contributed by atoms with E-state index in [1.807, 2.05) is 0 Å². The number of hydrogen-bond donors (Lipinski definition) is 5. The van der Waals surface area contributed by atoms with Crippen molar-refractivity contribution in [1.82, 2.24) is 10.2 Å². The van der Waals surface area contributed by atoms with Crippen LogP contribution >= 0.6 is 0 Å². The molecular formula is C10H18N2O7. The zero-order valence-electron chi connectivity index (χ0n) is 10.3. The molecule has 0 heterocycles. The Balaban J connectivity index is 0. The van der Waals surface area contributed by atoms with Crippen LogP contribution in [0.25, 0.3) is 0 Å². The average molecular weight is 278 g/mol. The summed E-state index contributed by atoms with van der Waals surface area (Å²) in [4.78, 5) is 30.9. The molecule has 0 spiro atoms. The monoisotopic (exact) mass is 278 g/mol. The first-order valence-corrected chi connectivity index (χ1v) is 5.17. The predicted molar refractivity (Wildman–Crippen MR) is 64.6 cm³/mol. The lowest BCUT2D eigenvalue weighted by atomic mass is 10.5. The highest BCUT2D eigenvalue weighted by molar-refractivity contribution is 5.72. The third kappa shape index (κ3) is 18.4. The number of nitrogens with zero attached hydrogens (tertiary/aromatic N) is 1. The molecule has 0 saturated carbocycles. The van der Waals surface area contributed by atoms with Crippen LogP contribution in [0.1, 0.15) is 0 Å². The summed E-state index contributed by atoms with van der Waals surface area (Å²) in [6, 6.07) is 0. The molecule has 0 atom stereocenters. The molecule has 0 fully saturated rings. The van der Waals surface area contributed by atoms with Crippen LogP contribution in [0.4, 0.5) is 0 Å². The van der Waals surface area contributed by atoms with E-state index in [-0.39, 0.29) is 26.2 Å². The lowest BCUT2D eigenvalue weighted by molar-refractivity contribution is -0.139. The molecule has 0 saturated heterocycles. The van der Waals surface area contributed by atoms with Gasteiger partial charge in [0.1, 0.15) is 6.54 Å². The van der Waals surface area contributed by atoms with Crippen molar-refractivity contribution in [2.24, 2.45) is 0 Å². The van der Waals surface area contributed by atoms with Crippen LogP contribution in [-0.4, -0.2) is 76.0 Å². The van der Waals surface area contributed by atoms with Crippen molar-refractivity contribution >= 4 is 17.9 Å². The van der Waals surface area contributed by atoms with Gasteiger partial charge in [-0.3, -0.25) is 19.7 Å². The second-order valence-electron chi connectivity index (χ2n) is 3.16. The highest BCUT2D eigenvalue weighted by atomic mass is 16.4. The number of aliphatic hydroxyl groups is 1. The zero-order chi connectivity index (χ0) is 15.3. The summed E-state index contributed by atoms with van der Waals surface area (Å²) in [5, 5.41) is 34.8. The summed E-state index contributed by atoms with van der Waals surface area (Å²) in [7, 11) is 0. The van der Waals surface area contributed by atoms with E-state index >= 15 is 0 Å². The Hall–Kier alpha value is -2.13. The van der Waals surface area contributed by atoms with Crippen molar-refractivity contribution in [2.45, 2.75) is 0 Å². The number of carboxylic acid groups (broad SMARTS) is 3. The van der Waals surface area contributed by atoms with Gasteiger partial charge in [0, 0.05) is 6.54 Å². The van der Waals surface area contributed by atoms with Gasteiger partial charge < -0.3 is 25.3 Å². The van der Waals surface area contributed by atoms with Gasteiger partial charge in [-0.2, -0.15) is 0 Å². The molecular weight excluding hydrogens is 260 g/mol. The number of aliphatic hydroxyl groups excluding tert-OH is 1. The van der Waals surface area contributed by atoms with Crippen molar-refractivity contribution < 1.29 is 34.8 Å². The van der Waals surface area contributed by atoms with Crippen molar-refractivity contribution in [3.8, 4) is 0 Å². The predicted octanol–water partition coefficient (Wildman–Crippen LogP) is -1.75. The van der Waals surface area contributed by atoms with Crippen molar-refractivity contribution in [3.05, 3.63) is 12.8 Å². The van der Waals surface area contributed by atoms with E-state index in [2.05, 4.69) is 11.9 Å². The molecule has 9 heteroatoms. The third-order valence-corrected chi connectivity index (χ3v) is 1.54. The van der Waals surface area contributed by atoms with Gasteiger partial charge in [0.2, 0.25) is 0 Å². The molecule has 9 nitrogen and oxygen atoms in total. The number of carboxylic acids is 3. The SMILES string of the molecule is C=CN(CCO)CC(=O)O.O=C(O)CNCC(=O)O. The molecule has 0 rings (SSSR count). The molecule has 0 aliphatic heterocycles. The fourth-order valence-corrected chi connectivity index (χ4v) is 0.813. The number of hydrogen-bond acceptors (Lipinski definition) is 6. The van der Waals surface area contributed by atoms with Gasteiger partial charge in [0.15, 0.2) is 0 Å². The van der Waals surface area contributed by atoms with Crippen molar-refractivity contribution in [3.63, 3.8) is 0 Å². The van der Waals surface area contributed by atoms with Crippen LogP contribution in [0, 0.1) is 0 Å². The first kappa shape index (κ1) is 19.2. The van der Waals surface area contributed by atoms with Crippen LogP contribution in [0.2, 0.25) is 0 Å². The first-order chi connectivity index (χ1) is 8.83. The van der Waals surface area contributed by atoms with E-state index in [9.17, 15) is 14.4 Å². The summed E-state index contributed by atoms with van der Waals surface area (Å²) in [6.45, 7) is 2.91. The van der Waals surface area contributed by atoms with Crippen LogP contribution in [0.5, 0.6) is 0 Å². The Kier molecular flexibility index (Phi) is 12.5. The largest absolute Gasteiger partial charge is 0.480 e. The van der Waals surface area contributed by atoms with Gasteiger partial charge in [-0.05, 0) is 6.20 Å². The third-order valence-electron chi connectivity index (χ3n) is 1.54. The lowest BCUT2D eigenvalue weighted by Gasteiger charge is -2.14. The topological polar surface area (TPSA) is 147 Å². The van der Waals surface area contributed by atoms with Gasteiger partial charge in [-0.15, -0.1) is 0 Å². The summed E-state index contributed by atoms with van der Waals surface area (Å²) >= 11 is 0.